The number of alkyl halides is 3. The summed E-state index contributed by atoms with van der Waals surface area (Å²) in [5, 5.41) is 10.5. The molecule has 0 atom stereocenters. The normalized spacial score (nSPS) is 12.2. The van der Waals surface area contributed by atoms with E-state index in [-0.39, 0.29) is 10.8 Å². The summed E-state index contributed by atoms with van der Waals surface area (Å²) in [6.45, 7) is 3.49. The Labute approximate surface area is 174 Å². The van der Waals surface area contributed by atoms with Crippen LogP contribution in [0.5, 0.6) is 0 Å². The van der Waals surface area contributed by atoms with Crippen molar-refractivity contribution in [2.45, 2.75) is 24.4 Å². The maximum absolute atomic E-state index is 12.7. The van der Waals surface area contributed by atoms with Crippen LogP contribution in [0.4, 0.5) is 24.0 Å². The van der Waals surface area contributed by atoms with Crippen LogP contribution in [-0.4, -0.2) is 43.1 Å². The highest BCUT2D eigenvalue weighted by molar-refractivity contribution is 8.01. The number of halogens is 3. The fourth-order valence-electron chi connectivity index (χ4n) is 2.06. The van der Waals surface area contributed by atoms with Crippen molar-refractivity contribution in [3.63, 3.8) is 0 Å². The van der Waals surface area contributed by atoms with E-state index in [0.717, 1.165) is 51.9 Å². The minimum Gasteiger partial charge on any atom is -0.299 e. The van der Waals surface area contributed by atoms with Crippen LogP contribution in [0.2, 0.25) is 0 Å². The van der Waals surface area contributed by atoms with Crippen molar-refractivity contribution in [2.24, 2.45) is 5.92 Å². The van der Waals surface area contributed by atoms with Gasteiger partial charge in [-0.15, -0.1) is 10.2 Å². The number of nitrogens with zero attached hydrogens (tertiary/aromatic N) is 3. The molecule has 0 saturated heterocycles. The second kappa shape index (κ2) is 9.30. The van der Waals surface area contributed by atoms with Crippen LogP contribution in [0.25, 0.3) is 0 Å². The van der Waals surface area contributed by atoms with Crippen molar-refractivity contribution < 1.29 is 26.4 Å². The fraction of sp³-hybridized carbons (Fsp3) is 0.438. The molecule has 13 heteroatoms. The molecule has 1 amide bonds. The monoisotopic (exact) mass is 468 g/mol. The first kappa shape index (κ1) is 23.4. The zero-order valence-electron chi connectivity index (χ0n) is 15.7. The summed E-state index contributed by atoms with van der Waals surface area (Å²) in [5.41, 5.74) is -0.972. The molecule has 0 spiro atoms. The van der Waals surface area contributed by atoms with Gasteiger partial charge in [-0.3, -0.25) is 14.4 Å². The summed E-state index contributed by atoms with van der Waals surface area (Å²) in [6.07, 6.45) is -3.68. The number of aromatic nitrogens is 2. The lowest BCUT2D eigenvalue weighted by Crippen LogP contribution is -2.37. The quantitative estimate of drug-likeness (QED) is 0.469. The van der Waals surface area contributed by atoms with Crippen LogP contribution in [0, 0.1) is 5.92 Å². The minimum atomic E-state index is -4.55. The average Bonchev–Trinajstić information content (AvgIpc) is 3.03. The highest BCUT2D eigenvalue weighted by Gasteiger charge is 2.31. The van der Waals surface area contributed by atoms with Gasteiger partial charge in [0.25, 0.3) is 0 Å². The molecular weight excluding hydrogens is 449 g/mol. The van der Waals surface area contributed by atoms with Crippen molar-refractivity contribution in [1.29, 1.82) is 0 Å². The first-order chi connectivity index (χ1) is 13.4. The number of hydrogen-bond donors (Lipinski definition) is 1. The van der Waals surface area contributed by atoms with Gasteiger partial charge in [0.15, 0.2) is 4.34 Å². The summed E-state index contributed by atoms with van der Waals surface area (Å²) in [7, 11) is -3.91. The maximum atomic E-state index is 12.7. The van der Waals surface area contributed by atoms with E-state index in [2.05, 4.69) is 29.4 Å². The standard InChI is InChI=1S/C16H19F3N4O3S3/c1-10(2)9-27-15-22-21-14(28-15)20-13(24)8-23(29(3,25)26)12-6-4-11(5-7-12)16(17,18)19/h4-7,10H,8-9H2,1-3H3,(H,20,21,24). The van der Waals surface area contributed by atoms with Gasteiger partial charge >= 0.3 is 6.18 Å². The smallest absolute Gasteiger partial charge is 0.299 e. The number of anilines is 2. The molecule has 2 rings (SSSR count). The van der Waals surface area contributed by atoms with Crippen LogP contribution in [0.15, 0.2) is 28.6 Å². The third-order valence-corrected chi connectivity index (χ3v) is 6.90. The van der Waals surface area contributed by atoms with Crippen LogP contribution in [0.1, 0.15) is 19.4 Å². The lowest BCUT2D eigenvalue weighted by molar-refractivity contribution is -0.137. The van der Waals surface area contributed by atoms with Crippen molar-refractivity contribution in [3.8, 4) is 0 Å². The Balaban J connectivity index is 2.10. The average molecular weight is 469 g/mol. The van der Waals surface area contributed by atoms with Gasteiger partial charge in [-0.1, -0.05) is 36.9 Å². The lowest BCUT2D eigenvalue weighted by Gasteiger charge is -2.22. The zero-order valence-corrected chi connectivity index (χ0v) is 18.2. The van der Waals surface area contributed by atoms with Gasteiger partial charge in [-0.05, 0) is 30.2 Å². The highest BCUT2D eigenvalue weighted by atomic mass is 32.2. The third kappa shape index (κ3) is 7.16. The van der Waals surface area contributed by atoms with E-state index < -0.39 is 34.2 Å². The number of sulfonamides is 1. The number of rotatable bonds is 8. The molecule has 2 aromatic rings. The molecule has 1 N–H and O–H groups in total. The number of amides is 1. The Morgan fingerprint density at radius 3 is 2.38 bits per heavy atom. The molecule has 29 heavy (non-hydrogen) atoms. The number of carbonyl (C=O) groups is 1. The summed E-state index contributed by atoms with van der Waals surface area (Å²) >= 11 is 2.64. The van der Waals surface area contributed by atoms with Gasteiger partial charge in [0.05, 0.1) is 17.5 Å². The Hall–Kier alpha value is -1.86. The number of nitrogens with one attached hydrogen (secondary N) is 1. The van der Waals surface area contributed by atoms with E-state index in [1.165, 1.54) is 11.8 Å². The molecule has 0 unspecified atom stereocenters. The van der Waals surface area contributed by atoms with Crippen molar-refractivity contribution in [1.82, 2.24) is 10.2 Å². The molecule has 7 nitrogen and oxygen atoms in total. The first-order valence-corrected chi connectivity index (χ1v) is 11.9. The van der Waals surface area contributed by atoms with E-state index in [1.807, 2.05) is 0 Å². The second-order valence-electron chi connectivity index (χ2n) is 6.44. The Morgan fingerprint density at radius 2 is 1.86 bits per heavy atom. The number of hydrogen-bond acceptors (Lipinski definition) is 7. The van der Waals surface area contributed by atoms with E-state index in [1.54, 1.807) is 0 Å². The van der Waals surface area contributed by atoms with E-state index in [4.69, 9.17) is 0 Å². The summed E-state index contributed by atoms with van der Waals surface area (Å²) in [5.74, 6) is 0.596. The van der Waals surface area contributed by atoms with E-state index in [0.29, 0.717) is 10.3 Å². The SMILES string of the molecule is CC(C)CSc1nnc(NC(=O)CN(c2ccc(C(F)(F)F)cc2)S(C)(=O)=O)s1. The van der Waals surface area contributed by atoms with Crippen LogP contribution < -0.4 is 9.62 Å². The molecule has 0 radical (unpaired) electrons. The molecule has 0 bridgehead atoms. The molecule has 1 heterocycles. The fourth-order valence-corrected chi connectivity index (χ4v) is 4.66. The Kier molecular flexibility index (Phi) is 7.51. The van der Waals surface area contributed by atoms with Crippen LogP contribution in [0.3, 0.4) is 0 Å². The van der Waals surface area contributed by atoms with E-state index >= 15 is 0 Å². The largest absolute Gasteiger partial charge is 0.416 e. The molecule has 1 aromatic heterocycles. The predicted octanol–water partition coefficient (Wildman–Crippen LogP) is 3.71. The molecule has 0 fully saturated rings. The van der Waals surface area contributed by atoms with Gasteiger partial charge in [0, 0.05) is 5.75 Å². The molecule has 0 saturated carbocycles. The molecular formula is C16H19F3N4O3S3. The van der Waals surface area contributed by atoms with Gasteiger partial charge < -0.3 is 0 Å². The molecule has 1 aromatic carbocycles. The van der Waals surface area contributed by atoms with Crippen molar-refractivity contribution in [2.75, 3.05) is 28.2 Å². The maximum Gasteiger partial charge on any atom is 0.416 e. The highest BCUT2D eigenvalue weighted by Crippen LogP contribution is 2.31. The van der Waals surface area contributed by atoms with E-state index in [9.17, 15) is 26.4 Å². The van der Waals surface area contributed by atoms with Crippen molar-refractivity contribution >= 4 is 49.8 Å². The zero-order chi connectivity index (χ0) is 21.8. The van der Waals surface area contributed by atoms with Gasteiger partial charge in [0.1, 0.15) is 6.54 Å². The minimum absolute atomic E-state index is 0.0545. The molecule has 160 valence electrons. The number of thioether (sulfide) groups is 1. The Morgan fingerprint density at radius 1 is 1.24 bits per heavy atom. The molecule has 0 aliphatic carbocycles. The van der Waals surface area contributed by atoms with Gasteiger partial charge in [-0.2, -0.15) is 13.2 Å². The Bertz CT molecular complexity index is 944. The third-order valence-electron chi connectivity index (χ3n) is 3.36. The predicted molar refractivity (Wildman–Crippen MR) is 108 cm³/mol. The summed E-state index contributed by atoms with van der Waals surface area (Å²) in [4.78, 5) is 12.3. The number of carbonyl (C=O) groups excluding carboxylic acids is 1. The molecule has 0 aliphatic heterocycles. The first-order valence-electron chi connectivity index (χ1n) is 8.27. The lowest BCUT2D eigenvalue weighted by atomic mass is 10.2. The van der Waals surface area contributed by atoms with Crippen molar-refractivity contribution in [3.05, 3.63) is 29.8 Å². The van der Waals surface area contributed by atoms with Gasteiger partial charge in [-0.25, -0.2) is 8.42 Å². The summed E-state index contributed by atoms with van der Waals surface area (Å²) < 4.78 is 63.6. The molecule has 0 aliphatic rings. The summed E-state index contributed by atoms with van der Waals surface area (Å²) in [6, 6.07) is 3.52. The van der Waals surface area contributed by atoms with Crippen LogP contribution in [-0.2, 0) is 21.0 Å². The second-order valence-corrected chi connectivity index (χ2v) is 10.6. The topological polar surface area (TPSA) is 92.3 Å². The van der Waals surface area contributed by atoms with Gasteiger partial charge in [0.2, 0.25) is 21.1 Å². The number of benzene rings is 1. The van der Waals surface area contributed by atoms with Crippen LogP contribution >= 0.6 is 23.1 Å².